The molecule has 7 heteroatoms. The Balaban J connectivity index is 2.04. The highest BCUT2D eigenvalue weighted by atomic mass is 35.5. The van der Waals surface area contributed by atoms with E-state index >= 15 is 0 Å². The van der Waals surface area contributed by atoms with Crippen LogP contribution in [0.15, 0.2) is 36.4 Å². The number of pyridine rings is 1. The zero-order valence-corrected chi connectivity index (χ0v) is 11.4. The summed E-state index contributed by atoms with van der Waals surface area (Å²) >= 11 is 11.5. The fourth-order valence-corrected chi connectivity index (χ4v) is 1.85. The number of rotatable bonds is 3. The number of halogens is 5. The van der Waals surface area contributed by atoms with Crippen LogP contribution in [0.25, 0.3) is 0 Å². The van der Waals surface area contributed by atoms with Gasteiger partial charge in [0.1, 0.15) is 22.7 Å². The first-order valence-electron chi connectivity index (χ1n) is 5.47. The number of ether oxygens (including phenoxy) is 1. The second-order valence-corrected chi connectivity index (χ2v) is 4.64. The summed E-state index contributed by atoms with van der Waals surface area (Å²) in [6, 6.07) is 7.61. The summed E-state index contributed by atoms with van der Waals surface area (Å²) in [6.45, 7) is 0.0916. The van der Waals surface area contributed by atoms with Gasteiger partial charge >= 0.3 is 6.18 Å². The molecule has 0 spiro atoms. The summed E-state index contributed by atoms with van der Waals surface area (Å²) in [5.74, 6) is 0.309. The number of aromatic nitrogens is 1. The minimum atomic E-state index is -4.36. The van der Waals surface area contributed by atoms with Gasteiger partial charge in [0.15, 0.2) is 0 Å². The van der Waals surface area contributed by atoms with Crippen LogP contribution in [0.5, 0.6) is 5.75 Å². The van der Waals surface area contributed by atoms with Crippen molar-refractivity contribution in [3.63, 3.8) is 0 Å². The van der Waals surface area contributed by atoms with E-state index in [9.17, 15) is 13.2 Å². The van der Waals surface area contributed by atoms with E-state index < -0.39 is 11.7 Å². The average molecular weight is 322 g/mol. The first kappa shape index (κ1) is 14.9. The van der Waals surface area contributed by atoms with Crippen molar-refractivity contribution in [3.8, 4) is 5.75 Å². The van der Waals surface area contributed by atoms with Crippen LogP contribution in [0.4, 0.5) is 13.2 Å². The van der Waals surface area contributed by atoms with Crippen LogP contribution >= 0.6 is 23.2 Å². The lowest BCUT2D eigenvalue weighted by Gasteiger charge is -2.09. The van der Waals surface area contributed by atoms with Crippen LogP contribution < -0.4 is 4.74 Å². The van der Waals surface area contributed by atoms with E-state index in [1.54, 1.807) is 12.1 Å². The van der Waals surface area contributed by atoms with Gasteiger partial charge in [0.05, 0.1) is 5.56 Å². The summed E-state index contributed by atoms with van der Waals surface area (Å²) < 4.78 is 42.5. The minimum Gasteiger partial charge on any atom is -0.489 e. The molecule has 0 unspecified atom stereocenters. The van der Waals surface area contributed by atoms with Gasteiger partial charge in [0.2, 0.25) is 0 Å². The van der Waals surface area contributed by atoms with E-state index in [1.165, 1.54) is 12.1 Å². The topological polar surface area (TPSA) is 22.1 Å². The minimum absolute atomic E-state index is 0.0916. The summed E-state index contributed by atoms with van der Waals surface area (Å²) in [4.78, 5) is 3.83. The van der Waals surface area contributed by atoms with Gasteiger partial charge in [-0.05, 0) is 36.4 Å². The standard InChI is InChI=1S/C13H8Cl2F3NO/c14-11-6-1-8(12(15)19-11)7-20-10-4-2-9(3-5-10)13(16,17)18/h1-6H,7H2. The molecule has 0 saturated heterocycles. The number of alkyl halides is 3. The summed E-state index contributed by atoms with van der Waals surface area (Å²) in [5, 5.41) is 0.456. The van der Waals surface area contributed by atoms with Gasteiger partial charge in [-0.15, -0.1) is 0 Å². The molecule has 0 N–H and O–H groups in total. The third kappa shape index (κ3) is 3.77. The van der Waals surface area contributed by atoms with Crippen molar-refractivity contribution in [2.45, 2.75) is 12.8 Å². The number of benzene rings is 1. The molecule has 2 aromatic rings. The van der Waals surface area contributed by atoms with Crippen LogP contribution in [0.2, 0.25) is 10.3 Å². The van der Waals surface area contributed by atoms with E-state index in [4.69, 9.17) is 27.9 Å². The van der Waals surface area contributed by atoms with E-state index in [2.05, 4.69) is 4.98 Å². The van der Waals surface area contributed by atoms with Crippen LogP contribution in [-0.2, 0) is 12.8 Å². The third-order valence-corrected chi connectivity index (χ3v) is 3.01. The molecule has 2 rings (SSSR count). The lowest BCUT2D eigenvalue weighted by atomic mass is 10.2. The Morgan fingerprint density at radius 2 is 1.65 bits per heavy atom. The third-order valence-electron chi connectivity index (χ3n) is 2.47. The molecule has 0 amide bonds. The van der Waals surface area contributed by atoms with Crippen molar-refractivity contribution in [2.75, 3.05) is 0 Å². The Bertz CT molecular complexity index is 600. The quantitative estimate of drug-likeness (QED) is 0.743. The highest BCUT2D eigenvalue weighted by Gasteiger charge is 2.29. The van der Waals surface area contributed by atoms with Crippen molar-refractivity contribution >= 4 is 23.2 Å². The summed E-state index contributed by atoms with van der Waals surface area (Å²) in [5.41, 5.74) is -0.132. The van der Waals surface area contributed by atoms with Crippen LogP contribution in [0.1, 0.15) is 11.1 Å². The molecule has 1 aromatic carbocycles. The molecule has 0 aliphatic carbocycles. The van der Waals surface area contributed by atoms with E-state index in [1.807, 2.05) is 0 Å². The zero-order chi connectivity index (χ0) is 14.8. The molecule has 0 aliphatic heterocycles. The van der Waals surface area contributed by atoms with Crippen LogP contribution in [-0.4, -0.2) is 4.98 Å². The number of hydrogen-bond acceptors (Lipinski definition) is 2. The second kappa shape index (κ2) is 5.89. The van der Waals surface area contributed by atoms with Crippen LogP contribution in [0.3, 0.4) is 0 Å². The molecule has 0 atom stereocenters. The molecule has 1 aromatic heterocycles. The highest BCUT2D eigenvalue weighted by molar-refractivity contribution is 6.32. The lowest BCUT2D eigenvalue weighted by Crippen LogP contribution is -2.04. The maximum absolute atomic E-state index is 12.4. The predicted molar refractivity (Wildman–Crippen MR) is 70.0 cm³/mol. The lowest BCUT2D eigenvalue weighted by molar-refractivity contribution is -0.137. The van der Waals surface area contributed by atoms with E-state index in [-0.39, 0.29) is 16.9 Å². The molecular formula is C13H8Cl2F3NO. The Hall–Kier alpha value is -1.46. The van der Waals surface area contributed by atoms with Gasteiger partial charge in [-0.3, -0.25) is 0 Å². The summed E-state index contributed by atoms with van der Waals surface area (Å²) in [7, 11) is 0. The SMILES string of the molecule is FC(F)(F)c1ccc(OCc2ccc(Cl)nc2Cl)cc1. The Morgan fingerprint density at radius 3 is 2.20 bits per heavy atom. The Labute approximate surface area is 123 Å². The van der Waals surface area contributed by atoms with Crippen molar-refractivity contribution in [2.24, 2.45) is 0 Å². The van der Waals surface area contributed by atoms with Gasteiger partial charge in [-0.1, -0.05) is 23.2 Å². The smallest absolute Gasteiger partial charge is 0.416 e. The van der Waals surface area contributed by atoms with Crippen molar-refractivity contribution < 1.29 is 17.9 Å². The molecule has 0 aliphatic rings. The Morgan fingerprint density at radius 1 is 1.00 bits per heavy atom. The maximum Gasteiger partial charge on any atom is 0.416 e. The molecule has 106 valence electrons. The zero-order valence-electron chi connectivity index (χ0n) is 9.92. The van der Waals surface area contributed by atoms with Gasteiger partial charge in [-0.2, -0.15) is 13.2 Å². The van der Waals surface area contributed by atoms with Gasteiger partial charge in [-0.25, -0.2) is 4.98 Å². The number of nitrogens with zero attached hydrogens (tertiary/aromatic N) is 1. The maximum atomic E-state index is 12.4. The predicted octanol–water partition coefficient (Wildman–Crippen LogP) is 4.99. The Kier molecular flexibility index (Phi) is 4.40. The molecular weight excluding hydrogens is 314 g/mol. The molecule has 0 bridgehead atoms. The first-order valence-corrected chi connectivity index (χ1v) is 6.23. The average Bonchev–Trinajstić information content (AvgIpc) is 2.37. The molecule has 0 saturated carbocycles. The molecule has 0 radical (unpaired) electrons. The fraction of sp³-hybridized carbons (Fsp3) is 0.154. The summed E-state index contributed by atoms with van der Waals surface area (Å²) in [6.07, 6.45) is -4.36. The van der Waals surface area contributed by atoms with Crippen molar-refractivity contribution in [3.05, 3.63) is 57.8 Å². The van der Waals surface area contributed by atoms with Crippen LogP contribution in [0, 0.1) is 0 Å². The van der Waals surface area contributed by atoms with E-state index in [0.717, 1.165) is 12.1 Å². The molecule has 1 heterocycles. The monoisotopic (exact) mass is 321 g/mol. The van der Waals surface area contributed by atoms with Gasteiger partial charge < -0.3 is 4.74 Å². The van der Waals surface area contributed by atoms with Gasteiger partial charge in [0, 0.05) is 5.56 Å². The second-order valence-electron chi connectivity index (χ2n) is 3.89. The van der Waals surface area contributed by atoms with Crippen molar-refractivity contribution in [1.82, 2.24) is 4.98 Å². The van der Waals surface area contributed by atoms with E-state index in [0.29, 0.717) is 11.3 Å². The van der Waals surface area contributed by atoms with Gasteiger partial charge in [0.25, 0.3) is 0 Å². The largest absolute Gasteiger partial charge is 0.489 e. The highest BCUT2D eigenvalue weighted by Crippen LogP contribution is 2.30. The molecule has 20 heavy (non-hydrogen) atoms. The molecule has 0 fully saturated rings. The first-order chi connectivity index (χ1) is 9.36. The fourth-order valence-electron chi connectivity index (χ4n) is 1.45. The normalized spacial score (nSPS) is 11.4. The number of hydrogen-bond donors (Lipinski definition) is 0. The van der Waals surface area contributed by atoms with Crippen molar-refractivity contribution in [1.29, 1.82) is 0 Å². The molecule has 2 nitrogen and oxygen atoms in total.